The minimum atomic E-state index is -3.97. The van der Waals surface area contributed by atoms with Crippen LogP contribution in [0, 0.1) is 0 Å². The molecule has 1 aromatic heterocycles. The molecule has 0 aliphatic heterocycles. The molecule has 0 unspecified atom stereocenters. The smallest absolute Gasteiger partial charge is 0.265 e. The van der Waals surface area contributed by atoms with Crippen molar-refractivity contribution in [3.8, 4) is 5.75 Å². The van der Waals surface area contributed by atoms with E-state index in [0.717, 1.165) is 0 Å². The van der Waals surface area contributed by atoms with E-state index in [4.69, 9.17) is 31.5 Å². The molecule has 2 aromatic rings. The molecule has 0 spiro atoms. The number of nitrogens with zero attached hydrogens (tertiary/aromatic N) is 2. The van der Waals surface area contributed by atoms with E-state index in [1.807, 2.05) is 13.8 Å². The van der Waals surface area contributed by atoms with Gasteiger partial charge in [-0.3, -0.25) is 0 Å². The second kappa shape index (κ2) is 6.21. The van der Waals surface area contributed by atoms with Gasteiger partial charge in [-0.25, -0.2) is 8.42 Å². The largest absolute Gasteiger partial charge is 0.484 e. The van der Waals surface area contributed by atoms with Crippen molar-refractivity contribution in [1.29, 1.82) is 0 Å². The Morgan fingerprint density at radius 2 is 2.10 bits per heavy atom. The molecule has 21 heavy (non-hydrogen) atoms. The van der Waals surface area contributed by atoms with Crippen LogP contribution in [0.1, 0.15) is 31.5 Å². The normalized spacial score (nSPS) is 11.9. The van der Waals surface area contributed by atoms with E-state index in [2.05, 4.69) is 10.1 Å². The number of rotatable bonds is 5. The van der Waals surface area contributed by atoms with Crippen molar-refractivity contribution >= 4 is 31.3 Å². The Balaban J connectivity index is 2.20. The third kappa shape index (κ3) is 4.09. The number of ether oxygens (including phenoxy) is 1. The second-order valence-corrected chi connectivity index (χ2v) is 7.49. The topological polar surface area (TPSA) is 82.3 Å². The highest BCUT2D eigenvalue weighted by molar-refractivity contribution is 8.13. The Hall–Kier alpha value is -1.31. The standard InChI is InChI=1S/C12H12Cl2N2O4S/c1-7(2)12-15-11(16-20-12)6-19-9-4-3-8(13)5-10(9)21(14,17)18/h3-5,7H,6H2,1-2H3. The SMILES string of the molecule is CC(C)c1nc(COc2ccc(Cl)cc2S(=O)(=O)Cl)no1. The lowest BCUT2D eigenvalue weighted by Crippen LogP contribution is -2.02. The summed E-state index contributed by atoms with van der Waals surface area (Å²) in [6.45, 7) is 3.78. The van der Waals surface area contributed by atoms with Gasteiger partial charge in [-0.1, -0.05) is 30.6 Å². The Morgan fingerprint density at radius 1 is 1.38 bits per heavy atom. The van der Waals surface area contributed by atoms with Crippen molar-refractivity contribution in [2.75, 3.05) is 0 Å². The molecule has 0 N–H and O–H groups in total. The summed E-state index contributed by atoms with van der Waals surface area (Å²) in [7, 11) is 1.38. The summed E-state index contributed by atoms with van der Waals surface area (Å²) in [5.41, 5.74) is 0. The summed E-state index contributed by atoms with van der Waals surface area (Å²) in [6.07, 6.45) is 0. The second-order valence-electron chi connectivity index (χ2n) is 4.52. The molecule has 1 aromatic carbocycles. The molecule has 9 heteroatoms. The maximum atomic E-state index is 11.5. The zero-order valence-electron chi connectivity index (χ0n) is 11.2. The first-order chi connectivity index (χ1) is 9.77. The third-order valence-electron chi connectivity index (χ3n) is 2.50. The lowest BCUT2D eigenvalue weighted by Gasteiger charge is -2.08. The number of hydrogen-bond acceptors (Lipinski definition) is 6. The van der Waals surface area contributed by atoms with Crippen LogP contribution < -0.4 is 4.74 Å². The van der Waals surface area contributed by atoms with Crippen LogP contribution in [0.5, 0.6) is 5.75 Å². The van der Waals surface area contributed by atoms with Gasteiger partial charge in [0.15, 0.2) is 6.61 Å². The van der Waals surface area contributed by atoms with Crippen LogP contribution in [0.2, 0.25) is 5.02 Å². The van der Waals surface area contributed by atoms with Gasteiger partial charge in [0.05, 0.1) is 0 Å². The quantitative estimate of drug-likeness (QED) is 0.769. The summed E-state index contributed by atoms with van der Waals surface area (Å²) < 4.78 is 33.4. The summed E-state index contributed by atoms with van der Waals surface area (Å²) in [4.78, 5) is 3.92. The van der Waals surface area contributed by atoms with Crippen LogP contribution >= 0.6 is 22.3 Å². The fourth-order valence-corrected chi connectivity index (χ4v) is 2.73. The fraction of sp³-hybridized carbons (Fsp3) is 0.333. The molecule has 0 saturated carbocycles. The van der Waals surface area contributed by atoms with Gasteiger partial charge in [0.1, 0.15) is 10.6 Å². The molecule has 6 nitrogen and oxygen atoms in total. The molecule has 114 valence electrons. The van der Waals surface area contributed by atoms with Crippen LogP contribution in [0.25, 0.3) is 0 Å². The molecular weight excluding hydrogens is 339 g/mol. The predicted octanol–water partition coefficient (Wildman–Crippen LogP) is 3.35. The first-order valence-electron chi connectivity index (χ1n) is 5.97. The lowest BCUT2D eigenvalue weighted by molar-refractivity contribution is 0.278. The molecule has 0 saturated heterocycles. The summed E-state index contributed by atoms with van der Waals surface area (Å²) in [5.74, 6) is 0.965. The first kappa shape index (κ1) is 16.1. The van der Waals surface area contributed by atoms with Crippen LogP contribution in [0.15, 0.2) is 27.6 Å². The van der Waals surface area contributed by atoms with Crippen molar-refractivity contribution in [3.05, 3.63) is 34.9 Å². The number of benzene rings is 1. The van der Waals surface area contributed by atoms with Crippen molar-refractivity contribution in [3.63, 3.8) is 0 Å². The van der Waals surface area contributed by atoms with Gasteiger partial charge in [-0.15, -0.1) is 0 Å². The predicted molar refractivity (Wildman–Crippen MR) is 77.2 cm³/mol. The van der Waals surface area contributed by atoms with E-state index in [1.165, 1.54) is 18.2 Å². The molecule has 0 aliphatic carbocycles. The van der Waals surface area contributed by atoms with Crippen LogP contribution in [0.4, 0.5) is 0 Å². The van der Waals surface area contributed by atoms with E-state index in [0.29, 0.717) is 11.7 Å². The van der Waals surface area contributed by atoms with Crippen molar-refractivity contribution < 1.29 is 17.7 Å². The Morgan fingerprint density at radius 3 is 2.67 bits per heavy atom. The van der Waals surface area contributed by atoms with Crippen LogP contribution in [0.3, 0.4) is 0 Å². The Labute approximate surface area is 131 Å². The molecule has 0 radical (unpaired) electrons. The van der Waals surface area contributed by atoms with E-state index in [9.17, 15) is 8.42 Å². The molecule has 0 amide bonds. The molecule has 0 bridgehead atoms. The van der Waals surface area contributed by atoms with E-state index in [-0.39, 0.29) is 28.2 Å². The van der Waals surface area contributed by atoms with Gasteiger partial charge in [0, 0.05) is 21.6 Å². The number of aromatic nitrogens is 2. The van der Waals surface area contributed by atoms with Crippen molar-refractivity contribution in [1.82, 2.24) is 10.1 Å². The zero-order chi connectivity index (χ0) is 15.6. The van der Waals surface area contributed by atoms with Gasteiger partial charge in [0.25, 0.3) is 9.05 Å². The van der Waals surface area contributed by atoms with Crippen molar-refractivity contribution in [2.45, 2.75) is 31.3 Å². The summed E-state index contributed by atoms with van der Waals surface area (Å²) in [5, 5.41) is 3.98. The first-order valence-corrected chi connectivity index (χ1v) is 8.65. The lowest BCUT2D eigenvalue weighted by atomic mass is 10.2. The van der Waals surface area contributed by atoms with E-state index in [1.54, 1.807) is 0 Å². The molecule has 0 aliphatic rings. The zero-order valence-corrected chi connectivity index (χ0v) is 13.5. The number of halogens is 2. The third-order valence-corrected chi connectivity index (χ3v) is 4.08. The van der Waals surface area contributed by atoms with E-state index >= 15 is 0 Å². The van der Waals surface area contributed by atoms with Gasteiger partial charge in [0.2, 0.25) is 11.7 Å². The maximum absolute atomic E-state index is 11.5. The van der Waals surface area contributed by atoms with Crippen LogP contribution in [-0.4, -0.2) is 18.6 Å². The maximum Gasteiger partial charge on any atom is 0.265 e. The average Bonchev–Trinajstić information content (AvgIpc) is 2.85. The molecule has 0 fully saturated rings. The van der Waals surface area contributed by atoms with Gasteiger partial charge in [-0.2, -0.15) is 4.98 Å². The highest BCUT2D eigenvalue weighted by Gasteiger charge is 2.18. The number of hydrogen-bond donors (Lipinski definition) is 0. The average molecular weight is 351 g/mol. The van der Waals surface area contributed by atoms with Gasteiger partial charge < -0.3 is 9.26 Å². The minimum Gasteiger partial charge on any atom is -0.484 e. The Bertz CT molecular complexity index is 743. The Kier molecular flexibility index (Phi) is 4.75. The van der Waals surface area contributed by atoms with Gasteiger partial charge in [-0.05, 0) is 18.2 Å². The minimum absolute atomic E-state index is 0.0444. The molecule has 1 heterocycles. The fourth-order valence-electron chi connectivity index (χ4n) is 1.49. The molecular formula is C12H12Cl2N2O4S. The van der Waals surface area contributed by atoms with E-state index < -0.39 is 9.05 Å². The molecule has 0 atom stereocenters. The molecule has 2 rings (SSSR count). The highest BCUT2D eigenvalue weighted by atomic mass is 35.7. The van der Waals surface area contributed by atoms with Crippen LogP contribution in [-0.2, 0) is 15.7 Å². The monoisotopic (exact) mass is 350 g/mol. The highest BCUT2D eigenvalue weighted by Crippen LogP contribution is 2.30. The summed E-state index contributed by atoms with van der Waals surface area (Å²) in [6, 6.07) is 4.13. The van der Waals surface area contributed by atoms with Gasteiger partial charge >= 0.3 is 0 Å². The van der Waals surface area contributed by atoms with Crippen molar-refractivity contribution in [2.24, 2.45) is 0 Å². The summed E-state index contributed by atoms with van der Waals surface area (Å²) >= 11 is 5.76.